The largest absolute Gasteiger partial charge is 0.442 e. The Kier molecular flexibility index (Phi) is 5.59. The number of alkyl carbamates (subject to hydrolysis) is 1. The quantitative estimate of drug-likeness (QED) is 0.808. The highest BCUT2D eigenvalue weighted by Crippen LogP contribution is 2.15. The highest BCUT2D eigenvalue weighted by molar-refractivity contribution is 9.10. The fraction of sp³-hybridized carbons (Fsp3) is 0.500. The highest BCUT2D eigenvalue weighted by atomic mass is 79.9. The molecule has 0 spiro atoms. The van der Waals surface area contributed by atoms with Gasteiger partial charge < -0.3 is 15.2 Å². The van der Waals surface area contributed by atoms with Crippen LogP contribution in [-0.2, 0) is 11.3 Å². The number of carbonyl (C=O) groups is 1. The summed E-state index contributed by atoms with van der Waals surface area (Å²) in [5.74, 6) is 0. The van der Waals surface area contributed by atoms with E-state index in [1.165, 1.54) is 11.3 Å². The summed E-state index contributed by atoms with van der Waals surface area (Å²) in [4.78, 5) is 15.1. The Balaban J connectivity index is 2.16. The Hall–Kier alpha value is -0.660. The van der Waals surface area contributed by atoms with Crippen molar-refractivity contribution in [3.05, 3.63) is 15.0 Å². The van der Waals surface area contributed by atoms with Gasteiger partial charge in [0.05, 0.1) is 0 Å². The number of hydrogen-bond acceptors (Lipinski definition) is 5. The first-order valence-corrected chi connectivity index (χ1v) is 6.01. The molecule has 5 nitrogen and oxygen atoms in total. The maximum absolute atomic E-state index is 11.0. The summed E-state index contributed by atoms with van der Waals surface area (Å²) >= 11 is 4.62. The molecule has 7 heteroatoms. The van der Waals surface area contributed by atoms with Crippen molar-refractivity contribution in [1.82, 2.24) is 10.3 Å². The molecule has 84 valence electrons. The average Bonchev–Trinajstić information content (AvgIpc) is 2.62. The number of halogens is 1. The lowest BCUT2D eigenvalue weighted by atomic mass is 10.5. The Morgan fingerprint density at radius 1 is 1.73 bits per heavy atom. The second-order valence-electron chi connectivity index (χ2n) is 2.64. The number of rotatable bonds is 5. The lowest BCUT2D eigenvalue weighted by Gasteiger charge is -2.03. The zero-order valence-electron chi connectivity index (χ0n) is 7.90. The predicted octanol–water partition coefficient (Wildman–Crippen LogP) is 1.51. The first-order chi connectivity index (χ1) is 7.22. The summed E-state index contributed by atoms with van der Waals surface area (Å²) in [5.41, 5.74) is 0. The second-order valence-corrected chi connectivity index (χ2v) is 4.40. The van der Waals surface area contributed by atoms with Gasteiger partial charge in [0.15, 0.2) is 0 Å². The molecule has 15 heavy (non-hydrogen) atoms. The highest BCUT2D eigenvalue weighted by Gasteiger charge is 2.04. The molecule has 0 aliphatic heterocycles. The smallest absolute Gasteiger partial charge is 0.407 e. The molecule has 1 aromatic rings. The van der Waals surface area contributed by atoms with E-state index in [1.54, 1.807) is 0 Å². The van der Waals surface area contributed by atoms with Gasteiger partial charge in [0.2, 0.25) is 0 Å². The SMILES string of the molecule is O=C(NCCCO)OCc1nc(Br)cs1. The molecular weight excluding hydrogens is 284 g/mol. The first kappa shape index (κ1) is 12.4. The van der Waals surface area contributed by atoms with Crippen LogP contribution in [0.15, 0.2) is 9.98 Å². The standard InChI is InChI=1S/C8H11BrN2O3S/c9-6-5-15-7(11-6)4-14-8(13)10-2-1-3-12/h5,12H,1-4H2,(H,10,13). The van der Waals surface area contributed by atoms with Crippen molar-refractivity contribution >= 4 is 33.4 Å². The fourth-order valence-corrected chi connectivity index (χ4v) is 1.98. The summed E-state index contributed by atoms with van der Waals surface area (Å²) in [6.07, 6.45) is 0.0347. The van der Waals surface area contributed by atoms with Crippen LogP contribution in [0, 0.1) is 0 Å². The molecule has 0 aliphatic rings. The van der Waals surface area contributed by atoms with Gasteiger partial charge in [-0.1, -0.05) is 0 Å². The van der Waals surface area contributed by atoms with Crippen molar-refractivity contribution < 1.29 is 14.6 Å². The molecule has 2 N–H and O–H groups in total. The summed E-state index contributed by atoms with van der Waals surface area (Å²) < 4.78 is 5.63. The number of aromatic nitrogens is 1. The number of thiazole rings is 1. The van der Waals surface area contributed by atoms with Crippen molar-refractivity contribution in [3.63, 3.8) is 0 Å². The number of nitrogens with zero attached hydrogens (tertiary/aromatic N) is 1. The van der Waals surface area contributed by atoms with Crippen LogP contribution >= 0.6 is 27.3 Å². The lowest BCUT2D eigenvalue weighted by molar-refractivity contribution is 0.138. The number of aliphatic hydroxyl groups excluding tert-OH is 1. The van der Waals surface area contributed by atoms with Gasteiger partial charge in [-0.3, -0.25) is 0 Å². The van der Waals surface area contributed by atoms with Gasteiger partial charge in [-0.15, -0.1) is 11.3 Å². The molecule has 0 atom stereocenters. The van der Waals surface area contributed by atoms with Crippen LogP contribution in [0.5, 0.6) is 0 Å². The summed E-state index contributed by atoms with van der Waals surface area (Å²) in [7, 11) is 0. The van der Waals surface area contributed by atoms with Crippen LogP contribution in [0.25, 0.3) is 0 Å². The number of hydrogen-bond donors (Lipinski definition) is 2. The Bertz CT molecular complexity index is 319. The molecule has 1 heterocycles. The van der Waals surface area contributed by atoms with Crippen LogP contribution in [-0.4, -0.2) is 29.3 Å². The molecule has 0 radical (unpaired) electrons. The molecule has 1 aromatic heterocycles. The minimum atomic E-state index is -0.491. The molecule has 0 aliphatic carbocycles. The average molecular weight is 295 g/mol. The van der Waals surface area contributed by atoms with Crippen molar-refractivity contribution in [1.29, 1.82) is 0 Å². The van der Waals surface area contributed by atoms with E-state index in [0.717, 1.165) is 9.61 Å². The van der Waals surface area contributed by atoms with Gasteiger partial charge in [0.1, 0.15) is 16.2 Å². The molecule has 0 saturated carbocycles. The van der Waals surface area contributed by atoms with Crippen LogP contribution in [0.3, 0.4) is 0 Å². The predicted molar refractivity (Wildman–Crippen MR) is 59.7 cm³/mol. The number of nitrogens with one attached hydrogen (secondary N) is 1. The molecule has 1 amide bonds. The lowest BCUT2D eigenvalue weighted by Crippen LogP contribution is -2.25. The van der Waals surface area contributed by atoms with Gasteiger partial charge in [-0.05, 0) is 22.4 Å². The topological polar surface area (TPSA) is 71.5 Å². The molecule has 0 fully saturated rings. The fourth-order valence-electron chi connectivity index (χ4n) is 0.803. The maximum atomic E-state index is 11.0. The third-order valence-corrected chi connectivity index (χ3v) is 2.99. The summed E-state index contributed by atoms with van der Waals surface area (Å²) in [6, 6.07) is 0. The molecular formula is C8H11BrN2O3S. The number of carbonyl (C=O) groups excluding carboxylic acids is 1. The molecule has 1 rings (SSSR count). The number of aliphatic hydroxyl groups is 1. The van der Waals surface area contributed by atoms with Gasteiger partial charge in [-0.2, -0.15) is 0 Å². The van der Waals surface area contributed by atoms with Gasteiger partial charge >= 0.3 is 6.09 Å². The monoisotopic (exact) mass is 294 g/mol. The minimum Gasteiger partial charge on any atom is -0.442 e. The Morgan fingerprint density at radius 3 is 3.13 bits per heavy atom. The van der Waals surface area contributed by atoms with Crippen molar-refractivity contribution in [3.8, 4) is 0 Å². The third kappa shape index (κ3) is 5.10. The van der Waals surface area contributed by atoms with E-state index in [-0.39, 0.29) is 13.2 Å². The van der Waals surface area contributed by atoms with Crippen molar-refractivity contribution in [2.75, 3.05) is 13.2 Å². The van der Waals surface area contributed by atoms with E-state index in [2.05, 4.69) is 26.2 Å². The van der Waals surface area contributed by atoms with Crippen LogP contribution < -0.4 is 5.32 Å². The summed E-state index contributed by atoms with van der Waals surface area (Å²) in [6.45, 7) is 0.637. The minimum absolute atomic E-state index is 0.0553. The van der Waals surface area contributed by atoms with E-state index in [9.17, 15) is 4.79 Å². The van der Waals surface area contributed by atoms with Gasteiger partial charge in [0, 0.05) is 18.5 Å². The maximum Gasteiger partial charge on any atom is 0.407 e. The van der Waals surface area contributed by atoms with Crippen molar-refractivity contribution in [2.45, 2.75) is 13.0 Å². The number of amides is 1. The Morgan fingerprint density at radius 2 is 2.53 bits per heavy atom. The molecule has 0 aromatic carbocycles. The van der Waals surface area contributed by atoms with E-state index in [4.69, 9.17) is 9.84 Å². The van der Waals surface area contributed by atoms with Crippen molar-refractivity contribution in [2.24, 2.45) is 0 Å². The molecule has 0 bridgehead atoms. The zero-order chi connectivity index (χ0) is 11.1. The van der Waals surface area contributed by atoms with Crippen LogP contribution in [0.4, 0.5) is 4.79 Å². The second kappa shape index (κ2) is 6.76. The number of ether oxygens (including phenoxy) is 1. The first-order valence-electron chi connectivity index (χ1n) is 4.33. The van der Waals surface area contributed by atoms with E-state index in [0.29, 0.717) is 13.0 Å². The molecule has 0 unspecified atom stereocenters. The van der Waals surface area contributed by atoms with Gasteiger partial charge in [0.25, 0.3) is 0 Å². The van der Waals surface area contributed by atoms with E-state index in [1.807, 2.05) is 5.38 Å². The molecule has 0 saturated heterocycles. The summed E-state index contributed by atoms with van der Waals surface area (Å²) in [5, 5.41) is 13.5. The zero-order valence-corrected chi connectivity index (χ0v) is 10.3. The van der Waals surface area contributed by atoms with E-state index >= 15 is 0 Å². The van der Waals surface area contributed by atoms with Gasteiger partial charge in [-0.25, -0.2) is 9.78 Å². The van der Waals surface area contributed by atoms with E-state index < -0.39 is 6.09 Å². The van der Waals surface area contributed by atoms with Crippen LogP contribution in [0.2, 0.25) is 0 Å². The Labute approximate surface area is 99.6 Å². The van der Waals surface area contributed by atoms with Crippen LogP contribution in [0.1, 0.15) is 11.4 Å². The third-order valence-electron chi connectivity index (χ3n) is 1.45. The normalized spacial score (nSPS) is 10.0.